The van der Waals surface area contributed by atoms with Crippen LogP contribution in [0.15, 0.2) is 24.3 Å². The van der Waals surface area contributed by atoms with Gasteiger partial charge >= 0.3 is 0 Å². The maximum absolute atomic E-state index is 12.5. The number of carbonyl (C=O) groups excluding carboxylic acids is 2. The van der Waals surface area contributed by atoms with Crippen molar-refractivity contribution in [3.8, 4) is 0 Å². The van der Waals surface area contributed by atoms with E-state index in [0.717, 1.165) is 24.8 Å². The van der Waals surface area contributed by atoms with E-state index in [0.29, 0.717) is 24.7 Å². The minimum absolute atomic E-state index is 0.180. The molecule has 1 aromatic rings. The minimum Gasteiger partial charge on any atom is -0.381 e. The quantitative estimate of drug-likeness (QED) is 0.812. The van der Waals surface area contributed by atoms with Gasteiger partial charge in [-0.05, 0) is 42.4 Å². The summed E-state index contributed by atoms with van der Waals surface area (Å²) < 4.78 is 5.53. The second-order valence-corrected chi connectivity index (χ2v) is 6.34. The second-order valence-electron chi connectivity index (χ2n) is 5.91. The predicted molar refractivity (Wildman–Crippen MR) is 79.1 cm³/mol. The summed E-state index contributed by atoms with van der Waals surface area (Å²) >= 11 is 6.08. The summed E-state index contributed by atoms with van der Waals surface area (Å²) in [5, 5.41) is 3.09. The largest absolute Gasteiger partial charge is 0.381 e. The first-order chi connectivity index (χ1) is 10.1. The number of ether oxygens (including phenoxy) is 1. The molecule has 0 aliphatic carbocycles. The third-order valence-corrected chi connectivity index (χ3v) is 4.77. The molecule has 0 saturated carbocycles. The number of carbonyl (C=O) groups is 2. The zero-order valence-corrected chi connectivity index (χ0v) is 12.5. The number of nitrogens with one attached hydrogen (secondary N) is 1. The maximum Gasteiger partial charge on any atom is 0.234 e. The van der Waals surface area contributed by atoms with E-state index >= 15 is 0 Å². The van der Waals surface area contributed by atoms with Gasteiger partial charge in [-0.25, -0.2) is 0 Å². The Morgan fingerprint density at radius 1 is 1.24 bits per heavy atom. The normalized spacial score (nSPS) is 30.0. The summed E-state index contributed by atoms with van der Waals surface area (Å²) in [4.78, 5) is 24.4. The van der Waals surface area contributed by atoms with Gasteiger partial charge in [0.15, 0.2) is 0 Å². The highest BCUT2D eigenvalue weighted by Gasteiger charge is 2.49. The molecular formula is C16H18ClNO3. The van der Waals surface area contributed by atoms with E-state index in [4.69, 9.17) is 16.3 Å². The van der Waals surface area contributed by atoms with Crippen molar-refractivity contribution in [2.45, 2.75) is 31.6 Å². The molecule has 2 amide bonds. The number of amides is 2. The monoisotopic (exact) mass is 307 g/mol. The Morgan fingerprint density at radius 3 is 2.90 bits per heavy atom. The van der Waals surface area contributed by atoms with Crippen LogP contribution in [0.4, 0.5) is 0 Å². The first-order valence-corrected chi connectivity index (χ1v) is 7.65. The van der Waals surface area contributed by atoms with Crippen LogP contribution in [-0.4, -0.2) is 25.0 Å². The molecule has 3 rings (SSSR count). The molecule has 1 N–H and O–H groups in total. The first-order valence-electron chi connectivity index (χ1n) is 7.28. The number of hydrogen-bond acceptors (Lipinski definition) is 3. The Hall–Kier alpha value is -1.39. The van der Waals surface area contributed by atoms with Crippen molar-refractivity contribution in [1.29, 1.82) is 0 Å². The summed E-state index contributed by atoms with van der Waals surface area (Å²) in [6, 6.07) is 7.39. The number of piperidine rings is 1. The number of imide groups is 1. The average molecular weight is 308 g/mol. The molecule has 1 spiro atoms. The van der Waals surface area contributed by atoms with Gasteiger partial charge in [0.1, 0.15) is 0 Å². The predicted octanol–water partition coefficient (Wildman–Crippen LogP) is 2.66. The molecule has 2 aliphatic heterocycles. The first kappa shape index (κ1) is 14.5. The molecule has 112 valence electrons. The Labute approximate surface area is 128 Å². The number of rotatable bonds is 1. The summed E-state index contributed by atoms with van der Waals surface area (Å²) in [7, 11) is 0. The molecule has 2 unspecified atom stereocenters. The molecule has 2 fully saturated rings. The van der Waals surface area contributed by atoms with Crippen LogP contribution in [-0.2, 0) is 14.3 Å². The highest BCUT2D eigenvalue weighted by Crippen LogP contribution is 2.49. The van der Waals surface area contributed by atoms with E-state index in [1.165, 1.54) is 0 Å². The van der Waals surface area contributed by atoms with Gasteiger partial charge in [-0.15, -0.1) is 0 Å². The fourth-order valence-electron chi connectivity index (χ4n) is 3.64. The molecule has 0 aromatic heterocycles. The molecule has 2 heterocycles. The lowest BCUT2D eigenvalue weighted by Gasteiger charge is -2.42. The molecule has 2 saturated heterocycles. The van der Waals surface area contributed by atoms with Gasteiger partial charge in [-0.1, -0.05) is 23.7 Å². The van der Waals surface area contributed by atoms with E-state index in [-0.39, 0.29) is 23.1 Å². The summed E-state index contributed by atoms with van der Waals surface area (Å²) in [6.07, 6.45) is 2.80. The van der Waals surface area contributed by atoms with Crippen LogP contribution in [0.3, 0.4) is 0 Å². The van der Waals surface area contributed by atoms with Crippen LogP contribution in [0.2, 0.25) is 5.02 Å². The van der Waals surface area contributed by atoms with Crippen molar-refractivity contribution >= 4 is 23.4 Å². The zero-order chi connectivity index (χ0) is 14.9. The third kappa shape index (κ3) is 2.83. The van der Waals surface area contributed by atoms with E-state index in [1.54, 1.807) is 6.07 Å². The van der Waals surface area contributed by atoms with Crippen molar-refractivity contribution in [1.82, 2.24) is 5.32 Å². The second kappa shape index (κ2) is 5.78. The Bertz CT molecular complexity index is 564. The molecule has 5 heteroatoms. The topological polar surface area (TPSA) is 55.4 Å². The van der Waals surface area contributed by atoms with Crippen molar-refractivity contribution in [3.05, 3.63) is 34.9 Å². The van der Waals surface area contributed by atoms with Crippen LogP contribution in [0.1, 0.15) is 37.2 Å². The number of halogens is 1. The SMILES string of the molecule is O=C1CC2(CCCOCC2)C(c2cccc(Cl)c2)C(=O)N1. The van der Waals surface area contributed by atoms with Crippen LogP contribution >= 0.6 is 11.6 Å². The highest BCUT2D eigenvalue weighted by atomic mass is 35.5. The lowest BCUT2D eigenvalue weighted by Crippen LogP contribution is -2.51. The summed E-state index contributed by atoms with van der Waals surface area (Å²) in [5.41, 5.74) is 0.537. The lowest BCUT2D eigenvalue weighted by atomic mass is 9.63. The smallest absolute Gasteiger partial charge is 0.234 e. The molecule has 2 atom stereocenters. The van der Waals surface area contributed by atoms with E-state index in [2.05, 4.69) is 5.32 Å². The molecule has 21 heavy (non-hydrogen) atoms. The van der Waals surface area contributed by atoms with Gasteiger partial charge < -0.3 is 4.74 Å². The maximum atomic E-state index is 12.5. The molecular weight excluding hydrogens is 290 g/mol. The highest BCUT2D eigenvalue weighted by molar-refractivity contribution is 6.30. The number of hydrogen-bond donors (Lipinski definition) is 1. The van der Waals surface area contributed by atoms with E-state index in [9.17, 15) is 9.59 Å². The molecule has 1 aromatic carbocycles. The van der Waals surface area contributed by atoms with Gasteiger partial charge in [-0.2, -0.15) is 0 Å². The van der Waals surface area contributed by atoms with Gasteiger partial charge in [0.05, 0.1) is 5.92 Å². The molecule has 0 radical (unpaired) electrons. The van der Waals surface area contributed by atoms with Crippen LogP contribution in [0, 0.1) is 5.41 Å². The van der Waals surface area contributed by atoms with Crippen LogP contribution in [0.25, 0.3) is 0 Å². The van der Waals surface area contributed by atoms with Gasteiger partial charge in [0.2, 0.25) is 11.8 Å². The van der Waals surface area contributed by atoms with Crippen LogP contribution in [0.5, 0.6) is 0 Å². The number of benzene rings is 1. The van der Waals surface area contributed by atoms with Crippen LogP contribution < -0.4 is 5.32 Å². The lowest BCUT2D eigenvalue weighted by molar-refractivity contribution is -0.140. The molecule has 4 nitrogen and oxygen atoms in total. The Kier molecular flexibility index (Phi) is 4.00. The van der Waals surface area contributed by atoms with Crippen molar-refractivity contribution in [3.63, 3.8) is 0 Å². The van der Waals surface area contributed by atoms with Crippen molar-refractivity contribution in [2.75, 3.05) is 13.2 Å². The Morgan fingerprint density at radius 2 is 2.10 bits per heavy atom. The molecule has 0 bridgehead atoms. The van der Waals surface area contributed by atoms with E-state index in [1.807, 2.05) is 18.2 Å². The van der Waals surface area contributed by atoms with Crippen molar-refractivity contribution < 1.29 is 14.3 Å². The fourth-order valence-corrected chi connectivity index (χ4v) is 3.84. The van der Waals surface area contributed by atoms with Crippen molar-refractivity contribution in [2.24, 2.45) is 5.41 Å². The van der Waals surface area contributed by atoms with Gasteiger partial charge in [0.25, 0.3) is 0 Å². The third-order valence-electron chi connectivity index (χ3n) is 4.54. The summed E-state index contributed by atoms with van der Waals surface area (Å²) in [5.74, 6) is -0.730. The van der Waals surface area contributed by atoms with Gasteiger partial charge in [-0.3, -0.25) is 14.9 Å². The fraction of sp³-hybridized carbons (Fsp3) is 0.500. The average Bonchev–Trinajstić information content (AvgIpc) is 2.64. The van der Waals surface area contributed by atoms with E-state index < -0.39 is 0 Å². The van der Waals surface area contributed by atoms with Gasteiger partial charge in [0, 0.05) is 24.7 Å². The minimum atomic E-state index is -0.347. The Balaban J connectivity index is 2.03. The standard InChI is InChI=1S/C16H18ClNO3/c17-12-4-1-3-11(9-12)14-15(20)18-13(19)10-16(14)5-2-7-21-8-6-16/h1,3-4,9,14H,2,5-8,10H2,(H,18,19,20). The zero-order valence-electron chi connectivity index (χ0n) is 11.7. The summed E-state index contributed by atoms with van der Waals surface area (Å²) in [6.45, 7) is 1.29. The molecule has 2 aliphatic rings.